The van der Waals surface area contributed by atoms with Gasteiger partial charge in [0.2, 0.25) is 0 Å². The fraction of sp³-hybridized carbons (Fsp3) is 0.429. The van der Waals surface area contributed by atoms with Crippen molar-refractivity contribution in [2.24, 2.45) is 0 Å². The summed E-state index contributed by atoms with van der Waals surface area (Å²) in [6.07, 6.45) is 0. The molecule has 2 aromatic carbocycles. The van der Waals surface area contributed by atoms with E-state index >= 15 is 0 Å². The monoisotopic (exact) mass is 392 g/mol. The zero-order valence-electron chi connectivity index (χ0n) is 17.0. The van der Waals surface area contributed by atoms with Gasteiger partial charge in [0.25, 0.3) is 0 Å². The van der Waals surface area contributed by atoms with Crippen LogP contribution in [0.4, 0.5) is 0 Å². The van der Waals surface area contributed by atoms with E-state index in [1.54, 1.807) is 30.3 Å². The molecule has 2 aromatic rings. The molecule has 27 heavy (non-hydrogen) atoms. The van der Waals surface area contributed by atoms with Crippen molar-refractivity contribution in [3.05, 3.63) is 53.1 Å². The Labute approximate surface area is 162 Å². The Bertz CT molecular complexity index is 915. The molecule has 0 heterocycles. The summed E-state index contributed by atoms with van der Waals surface area (Å²) in [6.45, 7) is 13.7. The molecule has 0 aliphatic heterocycles. The van der Waals surface area contributed by atoms with Gasteiger partial charge >= 0.3 is 10.4 Å². The Hall–Kier alpha value is -2.21. The summed E-state index contributed by atoms with van der Waals surface area (Å²) in [4.78, 5) is 0. The Morgan fingerprint density at radius 3 is 1.89 bits per heavy atom. The van der Waals surface area contributed by atoms with Gasteiger partial charge in [-0.15, -0.1) is 8.42 Å². The fourth-order valence-corrected chi connectivity index (χ4v) is 3.24. The van der Waals surface area contributed by atoms with Gasteiger partial charge in [0.1, 0.15) is 5.75 Å². The third-order valence-corrected chi connectivity index (χ3v) is 4.94. The number of benzene rings is 2. The summed E-state index contributed by atoms with van der Waals surface area (Å²) in [7, 11) is -4.41. The van der Waals surface area contributed by atoms with Crippen molar-refractivity contribution in [1.82, 2.24) is 0 Å². The Morgan fingerprint density at radius 2 is 1.41 bits per heavy atom. The molecule has 0 aromatic heterocycles. The maximum absolute atomic E-state index is 12.4. The van der Waals surface area contributed by atoms with Crippen molar-refractivity contribution in [2.45, 2.75) is 59.3 Å². The number of hydrogen-bond acceptors (Lipinski definition) is 5. The SMILES string of the molecule is Cc1ccc(OS(=O)(=O)Oc2cc(C(C)(C)C)cc(C(C)(C)C)c2O)cc1. The lowest BCUT2D eigenvalue weighted by Gasteiger charge is -2.27. The second kappa shape index (κ2) is 7.08. The molecule has 0 amide bonds. The Balaban J connectivity index is 2.46. The van der Waals surface area contributed by atoms with E-state index in [-0.39, 0.29) is 22.7 Å². The van der Waals surface area contributed by atoms with Crippen LogP contribution in [0.15, 0.2) is 36.4 Å². The molecule has 0 unspecified atom stereocenters. The third kappa shape index (κ3) is 5.39. The zero-order chi connectivity index (χ0) is 20.6. The number of phenolic OH excluding ortho intramolecular Hbond substituents is 1. The van der Waals surface area contributed by atoms with E-state index in [1.807, 2.05) is 54.5 Å². The van der Waals surface area contributed by atoms with Crippen LogP contribution in [0.1, 0.15) is 58.2 Å². The van der Waals surface area contributed by atoms with Crippen LogP contribution in [-0.2, 0) is 21.2 Å². The highest BCUT2D eigenvalue weighted by molar-refractivity contribution is 7.82. The average Bonchev–Trinajstić information content (AvgIpc) is 2.49. The van der Waals surface area contributed by atoms with Crippen LogP contribution in [0.25, 0.3) is 0 Å². The number of hydrogen-bond donors (Lipinski definition) is 1. The first-order valence-electron chi connectivity index (χ1n) is 8.77. The molecule has 0 radical (unpaired) electrons. The molecule has 0 saturated carbocycles. The van der Waals surface area contributed by atoms with Gasteiger partial charge in [-0.05, 0) is 41.5 Å². The van der Waals surface area contributed by atoms with E-state index < -0.39 is 15.8 Å². The van der Waals surface area contributed by atoms with E-state index in [1.165, 1.54) is 0 Å². The van der Waals surface area contributed by atoms with Gasteiger partial charge in [-0.3, -0.25) is 0 Å². The molecule has 148 valence electrons. The van der Waals surface area contributed by atoms with Crippen molar-refractivity contribution in [3.8, 4) is 17.2 Å². The highest BCUT2D eigenvalue weighted by Crippen LogP contribution is 2.42. The van der Waals surface area contributed by atoms with E-state index in [9.17, 15) is 13.5 Å². The Kier molecular flexibility index (Phi) is 5.53. The van der Waals surface area contributed by atoms with Crippen molar-refractivity contribution in [2.75, 3.05) is 0 Å². The molecule has 0 spiro atoms. The summed E-state index contributed by atoms with van der Waals surface area (Å²) < 4.78 is 34.9. The first kappa shape index (κ1) is 21.1. The molecule has 0 fully saturated rings. The third-order valence-electron chi connectivity index (χ3n) is 4.16. The van der Waals surface area contributed by atoms with Gasteiger partial charge in [0.15, 0.2) is 11.5 Å². The van der Waals surface area contributed by atoms with Crippen molar-refractivity contribution in [1.29, 1.82) is 0 Å². The van der Waals surface area contributed by atoms with Gasteiger partial charge in [-0.25, -0.2) is 0 Å². The molecule has 2 rings (SSSR count). The molecule has 0 saturated heterocycles. The van der Waals surface area contributed by atoms with Crippen molar-refractivity contribution in [3.63, 3.8) is 0 Å². The summed E-state index contributed by atoms with van der Waals surface area (Å²) in [5.41, 5.74) is 1.78. The first-order valence-corrected chi connectivity index (χ1v) is 10.1. The van der Waals surface area contributed by atoms with Crippen LogP contribution >= 0.6 is 0 Å². The molecule has 0 aliphatic carbocycles. The minimum absolute atomic E-state index is 0.139. The zero-order valence-corrected chi connectivity index (χ0v) is 17.8. The largest absolute Gasteiger partial charge is 0.504 e. The van der Waals surface area contributed by atoms with Crippen LogP contribution in [0.2, 0.25) is 0 Å². The quantitative estimate of drug-likeness (QED) is 0.793. The summed E-state index contributed by atoms with van der Waals surface area (Å²) in [6, 6.07) is 9.99. The molecule has 0 bridgehead atoms. The highest BCUT2D eigenvalue weighted by atomic mass is 32.3. The maximum Gasteiger partial charge on any atom is 0.501 e. The van der Waals surface area contributed by atoms with Gasteiger partial charge in [-0.2, -0.15) is 0 Å². The van der Waals surface area contributed by atoms with E-state index in [0.29, 0.717) is 5.56 Å². The summed E-state index contributed by atoms with van der Waals surface area (Å²) in [5.74, 6) is -0.200. The molecule has 5 nitrogen and oxygen atoms in total. The van der Waals surface area contributed by atoms with Gasteiger partial charge in [0, 0.05) is 5.56 Å². The molecular weight excluding hydrogens is 364 g/mol. The fourth-order valence-electron chi connectivity index (χ4n) is 2.51. The minimum Gasteiger partial charge on any atom is -0.504 e. The van der Waals surface area contributed by atoms with E-state index in [2.05, 4.69) is 0 Å². The van der Waals surface area contributed by atoms with Gasteiger partial charge < -0.3 is 13.5 Å². The summed E-state index contributed by atoms with van der Waals surface area (Å²) in [5, 5.41) is 10.6. The minimum atomic E-state index is -4.41. The average molecular weight is 393 g/mol. The predicted octanol–water partition coefficient (Wildman–Crippen LogP) is 5.00. The number of rotatable bonds is 4. The second-order valence-electron chi connectivity index (χ2n) is 8.76. The van der Waals surface area contributed by atoms with E-state index in [0.717, 1.165) is 11.1 Å². The molecule has 1 N–H and O–H groups in total. The van der Waals surface area contributed by atoms with Crippen LogP contribution < -0.4 is 8.37 Å². The van der Waals surface area contributed by atoms with Crippen molar-refractivity contribution < 1.29 is 21.9 Å². The topological polar surface area (TPSA) is 72.8 Å². The van der Waals surface area contributed by atoms with E-state index in [4.69, 9.17) is 8.37 Å². The lowest BCUT2D eigenvalue weighted by atomic mass is 9.80. The highest BCUT2D eigenvalue weighted by Gasteiger charge is 2.28. The lowest BCUT2D eigenvalue weighted by Crippen LogP contribution is -2.20. The second-order valence-corrected chi connectivity index (χ2v) is 9.91. The number of phenols is 1. The predicted molar refractivity (Wildman–Crippen MR) is 107 cm³/mol. The van der Waals surface area contributed by atoms with Crippen LogP contribution in [0.5, 0.6) is 17.2 Å². The first-order chi connectivity index (χ1) is 12.2. The Morgan fingerprint density at radius 1 is 0.852 bits per heavy atom. The van der Waals surface area contributed by atoms with Gasteiger partial charge in [-0.1, -0.05) is 65.3 Å². The molecular formula is C21H28O5S. The molecule has 6 heteroatoms. The molecule has 0 aliphatic rings. The number of aromatic hydroxyl groups is 1. The van der Waals surface area contributed by atoms with Crippen LogP contribution in [-0.4, -0.2) is 13.5 Å². The molecule has 0 atom stereocenters. The maximum atomic E-state index is 12.4. The normalized spacial score (nSPS) is 12.7. The standard InChI is InChI=1S/C21H28O5S/c1-14-8-10-16(11-9-14)25-27(23,24)26-18-13-15(20(2,3)4)12-17(19(18)22)21(5,6)7/h8-13,22H,1-7H3. The van der Waals surface area contributed by atoms with Crippen molar-refractivity contribution >= 4 is 10.4 Å². The lowest BCUT2D eigenvalue weighted by molar-refractivity contribution is 0.369. The smallest absolute Gasteiger partial charge is 0.501 e. The summed E-state index contributed by atoms with van der Waals surface area (Å²) >= 11 is 0. The van der Waals surface area contributed by atoms with Gasteiger partial charge in [0.05, 0.1) is 0 Å². The number of aryl methyl sites for hydroxylation is 1. The van der Waals surface area contributed by atoms with Crippen LogP contribution in [0.3, 0.4) is 0 Å². The van der Waals surface area contributed by atoms with Crippen LogP contribution in [0, 0.1) is 6.92 Å².